The number of para-hydroxylation sites is 1. The minimum absolute atomic E-state index is 0. The van der Waals surface area contributed by atoms with Gasteiger partial charge in [-0.2, -0.15) is 5.10 Å². The number of nitrogens with zero attached hydrogens (tertiary/aromatic N) is 3. The zero-order valence-electron chi connectivity index (χ0n) is 15.6. The van der Waals surface area contributed by atoms with E-state index in [1.807, 2.05) is 62.0 Å². The highest BCUT2D eigenvalue weighted by Gasteiger charge is 2.13. The Morgan fingerprint density at radius 3 is 2.50 bits per heavy atom. The number of halogens is 1. The smallest absolute Gasteiger partial charge is 0.239 e. The minimum atomic E-state index is -0.248. The maximum Gasteiger partial charge on any atom is 0.239 e. The van der Waals surface area contributed by atoms with Crippen LogP contribution in [0.3, 0.4) is 0 Å². The first kappa shape index (κ1) is 21.9. The predicted octanol–water partition coefficient (Wildman–Crippen LogP) is 2.07. The van der Waals surface area contributed by atoms with E-state index in [0.29, 0.717) is 12.5 Å². The van der Waals surface area contributed by atoms with Gasteiger partial charge in [-0.05, 0) is 32.9 Å². The molecule has 0 unspecified atom stereocenters. The highest BCUT2D eigenvalue weighted by molar-refractivity contribution is 14.0. The maximum atomic E-state index is 11.8. The van der Waals surface area contributed by atoms with Gasteiger partial charge >= 0.3 is 0 Å². The van der Waals surface area contributed by atoms with Crippen molar-refractivity contribution in [1.82, 2.24) is 25.7 Å². The number of carbonyl (C=O) groups is 1. The second kappa shape index (κ2) is 10.1. The van der Waals surface area contributed by atoms with Gasteiger partial charge in [0.15, 0.2) is 5.96 Å². The van der Waals surface area contributed by atoms with Crippen LogP contribution >= 0.6 is 24.0 Å². The van der Waals surface area contributed by atoms with Gasteiger partial charge in [0.25, 0.3) is 0 Å². The summed E-state index contributed by atoms with van der Waals surface area (Å²) in [5.74, 6) is 0.490. The first-order valence-electron chi connectivity index (χ1n) is 8.22. The fraction of sp³-hybridized carbons (Fsp3) is 0.389. The molecule has 0 fully saturated rings. The van der Waals surface area contributed by atoms with Crippen LogP contribution in [-0.4, -0.2) is 40.8 Å². The number of hydrogen-bond acceptors (Lipinski definition) is 3. The molecule has 7 nitrogen and oxygen atoms in total. The Balaban J connectivity index is 0.00000338. The summed E-state index contributed by atoms with van der Waals surface area (Å²) in [5, 5.41) is 13.4. The topological polar surface area (TPSA) is 83.3 Å². The van der Waals surface area contributed by atoms with Crippen LogP contribution in [0.1, 0.15) is 26.3 Å². The number of amides is 1. The third-order valence-electron chi connectivity index (χ3n) is 3.27. The lowest BCUT2D eigenvalue weighted by Crippen LogP contribution is -2.48. The van der Waals surface area contributed by atoms with Crippen molar-refractivity contribution >= 4 is 35.8 Å². The fourth-order valence-electron chi connectivity index (χ4n) is 2.21. The average molecular weight is 470 g/mol. The summed E-state index contributed by atoms with van der Waals surface area (Å²) in [7, 11) is 1.67. The number of hydrogen-bond donors (Lipinski definition) is 3. The lowest BCUT2D eigenvalue weighted by molar-refractivity contribution is -0.121. The predicted molar refractivity (Wildman–Crippen MR) is 115 cm³/mol. The number of carbonyl (C=O) groups excluding carboxylic acids is 1. The van der Waals surface area contributed by atoms with E-state index >= 15 is 0 Å². The summed E-state index contributed by atoms with van der Waals surface area (Å²) >= 11 is 0. The van der Waals surface area contributed by atoms with Crippen molar-refractivity contribution in [2.75, 3.05) is 13.6 Å². The molecular formula is C18H27IN6O. The van der Waals surface area contributed by atoms with Gasteiger partial charge in [-0.15, -0.1) is 24.0 Å². The second-order valence-electron chi connectivity index (χ2n) is 6.71. The highest BCUT2D eigenvalue weighted by Crippen LogP contribution is 2.07. The molecule has 1 amide bonds. The Morgan fingerprint density at radius 1 is 1.19 bits per heavy atom. The van der Waals surface area contributed by atoms with E-state index in [9.17, 15) is 4.79 Å². The number of guanidine groups is 1. The molecule has 0 bridgehead atoms. The first-order valence-corrected chi connectivity index (χ1v) is 8.22. The molecule has 2 aromatic rings. The summed E-state index contributed by atoms with van der Waals surface area (Å²) in [6.45, 7) is 6.57. The van der Waals surface area contributed by atoms with Crippen LogP contribution in [0.4, 0.5) is 0 Å². The Labute approximate surface area is 171 Å². The van der Waals surface area contributed by atoms with Gasteiger partial charge in [0.2, 0.25) is 5.91 Å². The van der Waals surface area contributed by atoms with E-state index in [-0.39, 0.29) is 42.0 Å². The molecule has 3 N–H and O–H groups in total. The zero-order chi connectivity index (χ0) is 18.3. The van der Waals surface area contributed by atoms with Gasteiger partial charge in [-0.3, -0.25) is 9.79 Å². The molecule has 0 atom stereocenters. The van der Waals surface area contributed by atoms with Crippen LogP contribution in [0, 0.1) is 0 Å². The largest absolute Gasteiger partial charge is 0.352 e. The summed E-state index contributed by atoms with van der Waals surface area (Å²) in [6.07, 6.45) is 3.77. The third-order valence-corrected chi connectivity index (χ3v) is 3.27. The second-order valence-corrected chi connectivity index (χ2v) is 6.71. The van der Waals surface area contributed by atoms with Gasteiger partial charge in [0, 0.05) is 30.9 Å². The van der Waals surface area contributed by atoms with Crippen LogP contribution in [0.25, 0.3) is 5.69 Å². The Hall–Kier alpha value is -2.10. The summed E-state index contributed by atoms with van der Waals surface area (Å²) < 4.78 is 1.82. The lowest BCUT2D eigenvalue weighted by Gasteiger charge is -2.21. The standard InChI is InChI=1S/C18H26N6O.HI/c1-18(2,3)23-16(25)12-21-17(19-4)20-10-14-11-22-24(13-14)15-8-6-5-7-9-15;/h5-9,11,13H,10,12H2,1-4H3,(H,23,25)(H2,19,20,21);1H. The quantitative estimate of drug-likeness (QED) is 0.355. The molecule has 0 saturated heterocycles. The van der Waals surface area contributed by atoms with Crippen LogP contribution in [0.2, 0.25) is 0 Å². The molecule has 2 rings (SSSR count). The molecule has 0 aliphatic heterocycles. The molecule has 0 aliphatic rings. The molecule has 8 heteroatoms. The lowest BCUT2D eigenvalue weighted by atomic mass is 10.1. The van der Waals surface area contributed by atoms with Crippen molar-refractivity contribution in [2.24, 2.45) is 4.99 Å². The van der Waals surface area contributed by atoms with Gasteiger partial charge < -0.3 is 16.0 Å². The van der Waals surface area contributed by atoms with Crippen LogP contribution in [-0.2, 0) is 11.3 Å². The van der Waals surface area contributed by atoms with Crippen LogP contribution in [0.15, 0.2) is 47.7 Å². The first-order chi connectivity index (χ1) is 11.9. The van der Waals surface area contributed by atoms with Gasteiger partial charge in [-0.1, -0.05) is 18.2 Å². The number of aliphatic imine (C=N–C) groups is 1. The summed E-state index contributed by atoms with van der Waals surface area (Å²) in [4.78, 5) is 16.0. The van der Waals surface area contributed by atoms with E-state index in [4.69, 9.17) is 0 Å². The Morgan fingerprint density at radius 2 is 1.88 bits per heavy atom. The van der Waals surface area contributed by atoms with Gasteiger partial charge in [0.1, 0.15) is 0 Å². The minimum Gasteiger partial charge on any atom is -0.352 e. The van der Waals surface area contributed by atoms with Crippen LogP contribution in [0.5, 0.6) is 0 Å². The van der Waals surface area contributed by atoms with E-state index < -0.39 is 0 Å². The summed E-state index contributed by atoms with van der Waals surface area (Å²) in [5.41, 5.74) is 1.78. The fourth-order valence-corrected chi connectivity index (χ4v) is 2.21. The molecule has 0 spiro atoms. The van der Waals surface area contributed by atoms with Crippen molar-refractivity contribution < 1.29 is 4.79 Å². The third kappa shape index (κ3) is 7.42. The molecule has 0 radical (unpaired) electrons. The molecule has 142 valence electrons. The van der Waals surface area contributed by atoms with Crippen molar-refractivity contribution in [3.05, 3.63) is 48.3 Å². The Kier molecular flexibility index (Phi) is 8.56. The number of benzene rings is 1. The van der Waals surface area contributed by atoms with E-state index in [0.717, 1.165) is 11.3 Å². The number of rotatable bonds is 5. The monoisotopic (exact) mass is 470 g/mol. The molecule has 0 saturated carbocycles. The van der Waals surface area contributed by atoms with Crippen molar-refractivity contribution in [1.29, 1.82) is 0 Å². The van der Waals surface area contributed by atoms with E-state index in [2.05, 4.69) is 26.0 Å². The normalized spacial score (nSPS) is 11.5. The SMILES string of the molecule is CN=C(NCC(=O)NC(C)(C)C)NCc1cnn(-c2ccccc2)c1.I. The van der Waals surface area contributed by atoms with Gasteiger partial charge in [-0.25, -0.2) is 4.68 Å². The van der Waals surface area contributed by atoms with Crippen molar-refractivity contribution in [3.8, 4) is 5.69 Å². The molecule has 1 aromatic heterocycles. The maximum absolute atomic E-state index is 11.8. The number of aromatic nitrogens is 2. The summed E-state index contributed by atoms with van der Waals surface area (Å²) in [6, 6.07) is 9.92. The molecule has 0 aliphatic carbocycles. The van der Waals surface area contributed by atoms with Crippen molar-refractivity contribution in [3.63, 3.8) is 0 Å². The number of nitrogens with one attached hydrogen (secondary N) is 3. The molecule has 26 heavy (non-hydrogen) atoms. The zero-order valence-corrected chi connectivity index (χ0v) is 17.9. The van der Waals surface area contributed by atoms with Crippen LogP contribution < -0.4 is 16.0 Å². The molecular weight excluding hydrogens is 443 g/mol. The van der Waals surface area contributed by atoms with Gasteiger partial charge in [0.05, 0.1) is 18.4 Å². The average Bonchev–Trinajstić information content (AvgIpc) is 3.03. The van der Waals surface area contributed by atoms with E-state index in [1.54, 1.807) is 13.2 Å². The highest BCUT2D eigenvalue weighted by atomic mass is 127. The van der Waals surface area contributed by atoms with Crippen molar-refractivity contribution in [2.45, 2.75) is 32.9 Å². The van der Waals surface area contributed by atoms with E-state index in [1.165, 1.54) is 0 Å². The molecule has 1 heterocycles. The molecule has 1 aromatic carbocycles. The Bertz CT molecular complexity index is 721.